The lowest BCUT2D eigenvalue weighted by Gasteiger charge is -2.33. The SMILES string of the molecule is Cc1nc(CN2CCOCC2CBr)sc1C. The van der Waals surface area contributed by atoms with E-state index in [0.29, 0.717) is 6.04 Å². The number of aryl methyl sites for hydroxylation is 2. The van der Waals surface area contributed by atoms with Crippen LogP contribution in [0.5, 0.6) is 0 Å². The van der Waals surface area contributed by atoms with Crippen molar-refractivity contribution >= 4 is 27.3 Å². The number of ether oxygens (including phenoxy) is 1. The smallest absolute Gasteiger partial charge is 0.107 e. The van der Waals surface area contributed by atoms with Crippen LogP contribution >= 0.6 is 27.3 Å². The van der Waals surface area contributed by atoms with Crippen molar-refractivity contribution in [2.75, 3.05) is 25.1 Å². The quantitative estimate of drug-likeness (QED) is 0.802. The average Bonchev–Trinajstić information content (AvgIpc) is 2.59. The predicted molar refractivity (Wildman–Crippen MR) is 70.4 cm³/mol. The van der Waals surface area contributed by atoms with E-state index in [1.807, 2.05) is 11.3 Å². The summed E-state index contributed by atoms with van der Waals surface area (Å²) in [5.74, 6) is 0. The van der Waals surface area contributed by atoms with Crippen molar-refractivity contribution in [3.63, 3.8) is 0 Å². The van der Waals surface area contributed by atoms with Gasteiger partial charge in [0.05, 0.1) is 25.5 Å². The van der Waals surface area contributed by atoms with Crippen LogP contribution in [0.15, 0.2) is 0 Å². The Morgan fingerprint density at radius 1 is 1.56 bits per heavy atom. The second-order valence-corrected chi connectivity index (χ2v) is 6.04. The first-order chi connectivity index (χ1) is 7.70. The van der Waals surface area contributed by atoms with Crippen molar-refractivity contribution in [1.29, 1.82) is 0 Å². The van der Waals surface area contributed by atoms with Gasteiger partial charge >= 0.3 is 0 Å². The van der Waals surface area contributed by atoms with Crippen LogP contribution in [-0.4, -0.2) is 41.0 Å². The maximum Gasteiger partial charge on any atom is 0.107 e. The summed E-state index contributed by atoms with van der Waals surface area (Å²) in [5, 5.41) is 2.19. The molecule has 2 rings (SSSR count). The molecule has 1 aromatic rings. The van der Waals surface area contributed by atoms with E-state index in [9.17, 15) is 0 Å². The number of hydrogen-bond acceptors (Lipinski definition) is 4. The maximum atomic E-state index is 5.48. The number of hydrogen-bond donors (Lipinski definition) is 0. The molecule has 3 nitrogen and oxygen atoms in total. The van der Waals surface area contributed by atoms with Crippen molar-refractivity contribution in [1.82, 2.24) is 9.88 Å². The zero-order chi connectivity index (χ0) is 11.5. The second kappa shape index (κ2) is 5.58. The summed E-state index contributed by atoms with van der Waals surface area (Å²) in [7, 11) is 0. The van der Waals surface area contributed by atoms with Gasteiger partial charge in [0.1, 0.15) is 5.01 Å². The summed E-state index contributed by atoms with van der Waals surface area (Å²) >= 11 is 5.36. The second-order valence-electron chi connectivity index (χ2n) is 4.10. The fraction of sp³-hybridized carbons (Fsp3) is 0.727. The van der Waals surface area contributed by atoms with E-state index in [1.165, 1.54) is 15.6 Å². The van der Waals surface area contributed by atoms with Gasteiger partial charge < -0.3 is 4.74 Å². The lowest BCUT2D eigenvalue weighted by atomic mass is 10.2. The zero-order valence-electron chi connectivity index (χ0n) is 9.70. The minimum Gasteiger partial charge on any atom is -0.378 e. The van der Waals surface area contributed by atoms with E-state index in [1.54, 1.807) is 0 Å². The molecule has 90 valence electrons. The Hall–Kier alpha value is 0.0300. The monoisotopic (exact) mass is 304 g/mol. The molecule has 5 heteroatoms. The maximum absolute atomic E-state index is 5.48. The molecule has 1 aliphatic heterocycles. The molecule has 0 bridgehead atoms. The topological polar surface area (TPSA) is 25.4 Å². The molecule has 1 aromatic heterocycles. The first-order valence-electron chi connectivity index (χ1n) is 5.51. The van der Waals surface area contributed by atoms with Gasteiger partial charge in [-0.2, -0.15) is 0 Å². The summed E-state index contributed by atoms with van der Waals surface area (Å²) in [6.45, 7) is 7.85. The molecule has 16 heavy (non-hydrogen) atoms. The summed E-state index contributed by atoms with van der Waals surface area (Å²) in [5.41, 5.74) is 1.17. The van der Waals surface area contributed by atoms with Gasteiger partial charge in [0.15, 0.2) is 0 Å². The lowest BCUT2D eigenvalue weighted by molar-refractivity contribution is -0.00215. The van der Waals surface area contributed by atoms with E-state index in [0.717, 1.165) is 31.6 Å². The largest absolute Gasteiger partial charge is 0.378 e. The van der Waals surface area contributed by atoms with Crippen LogP contribution in [-0.2, 0) is 11.3 Å². The van der Waals surface area contributed by atoms with Crippen LogP contribution in [0.4, 0.5) is 0 Å². The lowest BCUT2D eigenvalue weighted by Crippen LogP contribution is -2.45. The van der Waals surface area contributed by atoms with Crippen molar-refractivity contribution < 1.29 is 4.74 Å². The van der Waals surface area contributed by atoms with Crippen LogP contribution in [0.1, 0.15) is 15.6 Å². The summed E-state index contributed by atoms with van der Waals surface area (Å²) in [4.78, 5) is 8.38. The number of thiazole rings is 1. The molecule has 0 N–H and O–H groups in total. The fourth-order valence-electron chi connectivity index (χ4n) is 1.82. The number of morpholine rings is 1. The van der Waals surface area contributed by atoms with Gasteiger partial charge in [-0.1, -0.05) is 15.9 Å². The molecule has 1 fully saturated rings. The van der Waals surface area contributed by atoms with Crippen LogP contribution in [0.25, 0.3) is 0 Å². The molecule has 0 radical (unpaired) electrons. The van der Waals surface area contributed by atoms with E-state index in [4.69, 9.17) is 4.74 Å². The highest BCUT2D eigenvalue weighted by Gasteiger charge is 2.22. The molecular weight excluding hydrogens is 288 g/mol. The Kier molecular flexibility index (Phi) is 4.35. The third-order valence-corrected chi connectivity index (χ3v) is 4.74. The molecule has 1 atom stereocenters. The Morgan fingerprint density at radius 2 is 2.38 bits per heavy atom. The van der Waals surface area contributed by atoms with Crippen molar-refractivity contribution in [3.05, 3.63) is 15.6 Å². The Balaban J connectivity index is 2.02. The van der Waals surface area contributed by atoms with Gasteiger partial charge in [-0.3, -0.25) is 4.90 Å². The molecule has 1 unspecified atom stereocenters. The number of nitrogens with zero attached hydrogens (tertiary/aromatic N) is 2. The minimum atomic E-state index is 0.485. The van der Waals surface area contributed by atoms with Gasteiger partial charge in [0.2, 0.25) is 0 Å². The minimum absolute atomic E-state index is 0.485. The standard InChI is InChI=1S/C11H17BrN2OS/c1-8-9(2)16-11(13-8)6-14-3-4-15-7-10(14)5-12/h10H,3-7H2,1-2H3. The summed E-state index contributed by atoms with van der Waals surface area (Å²) < 4.78 is 5.48. The molecule has 0 amide bonds. The van der Waals surface area contributed by atoms with E-state index < -0.39 is 0 Å². The van der Waals surface area contributed by atoms with Crippen molar-refractivity contribution in [3.8, 4) is 0 Å². The first kappa shape index (κ1) is 12.5. The molecule has 1 saturated heterocycles. The molecule has 0 spiro atoms. The molecule has 2 heterocycles. The Morgan fingerprint density at radius 3 is 3.00 bits per heavy atom. The first-order valence-corrected chi connectivity index (χ1v) is 7.45. The van der Waals surface area contributed by atoms with Gasteiger partial charge in [-0.15, -0.1) is 11.3 Å². The van der Waals surface area contributed by atoms with E-state index in [-0.39, 0.29) is 0 Å². The molecular formula is C11H17BrN2OS. The molecule has 0 aromatic carbocycles. The average molecular weight is 305 g/mol. The third-order valence-electron chi connectivity index (χ3n) is 2.94. The Labute approximate surface area is 109 Å². The zero-order valence-corrected chi connectivity index (χ0v) is 12.1. The fourth-order valence-corrected chi connectivity index (χ4v) is 3.38. The van der Waals surface area contributed by atoms with Gasteiger partial charge in [-0.05, 0) is 13.8 Å². The normalized spacial score (nSPS) is 22.6. The number of aromatic nitrogens is 1. The van der Waals surface area contributed by atoms with Crippen LogP contribution in [0, 0.1) is 13.8 Å². The highest BCUT2D eigenvalue weighted by Crippen LogP contribution is 2.20. The highest BCUT2D eigenvalue weighted by atomic mass is 79.9. The molecule has 0 aliphatic carbocycles. The van der Waals surface area contributed by atoms with Crippen LogP contribution in [0.3, 0.4) is 0 Å². The van der Waals surface area contributed by atoms with Crippen LogP contribution < -0.4 is 0 Å². The highest BCUT2D eigenvalue weighted by molar-refractivity contribution is 9.09. The number of alkyl halides is 1. The third kappa shape index (κ3) is 2.83. The summed E-state index contributed by atoms with van der Waals surface area (Å²) in [6, 6.07) is 0.485. The molecule has 0 saturated carbocycles. The van der Waals surface area contributed by atoms with Crippen LogP contribution in [0.2, 0.25) is 0 Å². The molecule has 1 aliphatic rings. The van der Waals surface area contributed by atoms with Gasteiger partial charge in [0, 0.05) is 22.8 Å². The number of rotatable bonds is 3. The number of halogens is 1. The van der Waals surface area contributed by atoms with Crippen molar-refractivity contribution in [2.45, 2.75) is 26.4 Å². The van der Waals surface area contributed by atoms with E-state index in [2.05, 4.69) is 39.7 Å². The predicted octanol–water partition coefficient (Wildman–Crippen LogP) is 2.36. The van der Waals surface area contributed by atoms with Gasteiger partial charge in [0.25, 0.3) is 0 Å². The Bertz CT molecular complexity index is 336. The summed E-state index contributed by atoms with van der Waals surface area (Å²) in [6.07, 6.45) is 0. The van der Waals surface area contributed by atoms with E-state index >= 15 is 0 Å². The van der Waals surface area contributed by atoms with Crippen molar-refractivity contribution in [2.24, 2.45) is 0 Å². The van der Waals surface area contributed by atoms with Gasteiger partial charge in [-0.25, -0.2) is 4.98 Å².